The van der Waals surface area contributed by atoms with E-state index in [0.29, 0.717) is 17.1 Å². The third-order valence-electron chi connectivity index (χ3n) is 3.65. The fourth-order valence-electron chi connectivity index (χ4n) is 2.73. The van der Waals surface area contributed by atoms with Crippen LogP contribution in [0.15, 0.2) is 23.1 Å². The Labute approximate surface area is 124 Å². The van der Waals surface area contributed by atoms with Gasteiger partial charge >= 0.3 is 0 Å². The second-order valence-electron chi connectivity index (χ2n) is 5.24. The van der Waals surface area contributed by atoms with Gasteiger partial charge in [-0.15, -0.1) is 0 Å². The molecule has 0 fully saturated rings. The summed E-state index contributed by atoms with van der Waals surface area (Å²) in [5, 5.41) is 9.94. The van der Waals surface area contributed by atoms with Crippen molar-refractivity contribution in [2.24, 2.45) is 0 Å². The van der Waals surface area contributed by atoms with Crippen molar-refractivity contribution in [2.45, 2.75) is 31.6 Å². The van der Waals surface area contributed by atoms with Gasteiger partial charge in [0, 0.05) is 6.54 Å². The molecule has 0 spiro atoms. The summed E-state index contributed by atoms with van der Waals surface area (Å²) in [5.41, 5.74) is 3.62. The molecule has 0 unspecified atom stereocenters. The molecule has 3 rings (SSSR count). The maximum Gasteiger partial charge on any atom is 0.265 e. The van der Waals surface area contributed by atoms with E-state index in [-0.39, 0.29) is 4.90 Å². The molecule has 0 saturated carbocycles. The Morgan fingerprint density at radius 3 is 2.81 bits per heavy atom. The fraction of sp³-hybridized carbons (Fsp3) is 0.357. The third kappa shape index (κ3) is 2.49. The zero-order valence-corrected chi connectivity index (χ0v) is 12.8. The van der Waals surface area contributed by atoms with E-state index in [1.54, 1.807) is 19.9 Å². The molecule has 2 aromatic rings. The minimum absolute atomic E-state index is 0.218. The summed E-state index contributed by atoms with van der Waals surface area (Å²) in [6, 6.07) is 5.67. The van der Waals surface area contributed by atoms with Crippen LogP contribution in [0.25, 0.3) is 0 Å². The van der Waals surface area contributed by atoms with E-state index in [9.17, 15) is 8.42 Å². The number of rotatable bonds is 3. The Balaban J connectivity index is 2.01. The van der Waals surface area contributed by atoms with Crippen LogP contribution >= 0.6 is 0 Å². The molecular formula is C14H18N4O2S. The van der Waals surface area contributed by atoms with E-state index >= 15 is 0 Å². The van der Waals surface area contributed by atoms with E-state index in [1.165, 1.54) is 0 Å². The summed E-state index contributed by atoms with van der Waals surface area (Å²) in [4.78, 5) is 0.218. The number of hydrogen-bond donors (Lipinski definition) is 3. The molecule has 21 heavy (non-hydrogen) atoms. The zero-order chi connectivity index (χ0) is 15.0. The monoisotopic (exact) mass is 306 g/mol. The first-order valence-corrected chi connectivity index (χ1v) is 8.37. The van der Waals surface area contributed by atoms with Crippen molar-refractivity contribution < 1.29 is 8.42 Å². The number of fused-ring (bicyclic) bond motifs is 1. The first-order valence-electron chi connectivity index (χ1n) is 6.89. The number of H-pyrrole nitrogens is 1. The number of para-hydroxylation sites is 1. The van der Waals surface area contributed by atoms with Gasteiger partial charge in [-0.1, -0.05) is 12.1 Å². The van der Waals surface area contributed by atoms with Gasteiger partial charge in [-0.2, -0.15) is 5.10 Å². The van der Waals surface area contributed by atoms with Crippen molar-refractivity contribution in [3.05, 3.63) is 35.2 Å². The predicted octanol–water partition coefficient (Wildman–Crippen LogP) is 2.19. The zero-order valence-electron chi connectivity index (χ0n) is 12.0. The molecule has 0 atom stereocenters. The van der Waals surface area contributed by atoms with Crippen LogP contribution in [0.4, 0.5) is 11.4 Å². The van der Waals surface area contributed by atoms with Gasteiger partial charge in [0.1, 0.15) is 4.90 Å². The Hall–Kier alpha value is -2.02. The molecule has 112 valence electrons. The standard InChI is InChI=1S/C14H18N4O2S/c1-9-14(10(2)17-16-9)21(19,20)18-12-7-3-5-11-6-4-8-15-13(11)12/h3,5,7,15,18H,4,6,8H2,1-2H3,(H,16,17). The van der Waals surface area contributed by atoms with Crippen LogP contribution in [-0.4, -0.2) is 25.2 Å². The van der Waals surface area contributed by atoms with Crippen molar-refractivity contribution in [1.29, 1.82) is 0 Å². The van der Waals surface area contributed by atoms with Crippen molar-refractivity contribution in [3.8, 4) is 0 Å². The van der Waals surface area contributed by atoms with Crippen LogP contribution in [0, 0.1) is 13.8 Å². The number of benzene rings is 1. The van der Waals surface area contributed by atoms with Gasteiger partial charge in [-0.3, -0.25) is 9.82 Å². The topological polar surface area (TPSA) is 86.9 Å². The van der Waals surface area contributed by atoms with E-state index in [1.807, 2.05) is 12.1 Å². The molecule has 0 radical (unpaired) electrons. The SMILES string of the molecule is Cc1n[nH]c(C)c1S(=O)(=O)Nc1cccc2c1NCCC2. The van der Waals surface area contributed by atoms with E-state index < -0.39 is 10.0 Å². The molecular weight excluding hydrogens is 288 g/mol. The molecule has 1 aliphatic heterocycles. The van der Waals surface area contributed by atoms with Gasteiger partial charge in [0.05, 0.1) is 22.8 Å². The lowest BCUT2D eigenvalue weighted by Crippen LogP contribution is -2.18. The minimum Gasteiger partial charge on any atom is -0.383 e. The van der Waals surface area contributed by atoms with E-state index in [4.69, 9.17) is 0 Å². The molecule has 0 aliphatic carbocycles. The van der Waals surface area contributed by atoms with Crippen LogP contribution < -0.4 is 10.0 Å². The quantitative estimate of drug-likeness (QED) is 0.811. The second-order valence-corrected chi connectivity index (χ2v) is 6.86. The number of aryl methyl sites for hydroxylation is 3. The summed E-state index contributed by atoms with van der Waals surface area (Å²) < 4.78 is 27.9. The molecule has 6 nitrogen and oxygen atoms in total. The van der Waals surface area contributed by atoms with E-state index in [2.05, 4.69) is 20.2 Å². The molecule has 1 aromatic heterocycles. The molecule has 1 aliphatic rings. The first kappa shape index (κ1) is 13.9. The molecule has 3 N–H and O–H groups in total. The van der Waals surface area contributed by atoms with Crippen LogP contribution in [0.3, 0.4) is 0 Å². The maximum atomic E-state index is 12.6. The summed E-state index contributed by atoms with van der Waals surface area (Å²) in [6.45, 7) is 4.24. The largest absolute Gasteiger partial charge is 0.383 e. The average Bonchev–Trinajstić information content (AvgIpc) is 2.79. The lowest BCUT2D eigenvalue weighted by atomic mass is 10.0. The molecule has 0 saturated heterocycles. The minimum atomic E-state index is -3.65. The number of sulfonamides is 1. The van der Waals surface area contributed by atoms with Crippen LogP contribution in [0.5, 0.6) is 0 Å². The molecule has 0 bridgehead atoms. The van der Waals surface area contributed by atoms with Gasteiger partial charge in [-0.05, 0) is 38.3 Å². The Morgan fingerprint density at radius 2 is 2.10 bits per heavy atom. The highest BCUT2D eigenvalue weighted by Gasteiger charge is 2.24. The van der Waals surface area contributed by atoms with Gasteiger partial charge in [0.15, 0.2) is 0 Å². The van der Waals surface area contributed by atoms with Crippen molar-refractivity contribution >= 4 is 21.4 Å². The highest BCUT2D eigenvalue weighted by molar-refractivity contribution is 7.92. The Kier molecular flexibility index (Phi) is 3.36. The Bertz CT molecular complexity index is 761. The van der Waals surface area contributed by atoms with Gasteiger partial charge < -0.3 is 5.32 Å². The smallest absolute Gasteiger partial charge is 0.265 e. The summed E-state index contributed by atoms with van der Waals surface area (Å²) in [6.07, 6.45) is 2.02. The number of aromatic nitrogens is 2. The molecule has 1 aromatic carbocycles. The lowest BCUT2D eigenvalue weighted by Gasteiger charge is -2.21. The number of anilines is 2. The highest BCUT2D eigenvalue weighted by atomic mass is 32.2. The number of hydrogen-bond acceptors (Lipinski definition) is 4. The first-order chi connectivity index (χ1) is 9.99. The third-order valence-corrected chi connectivity index (χ3v) is 5.28. The van der Waals surface area contributed by atoms with Crippen LogP contribution in [0.1, 0.15) is 23.4 Å². The Morgan fingerprint density at radius 1 is 1.29 bits per heavy atom. The predicted molar refractivity (Wildman–Crippen MR) is 82.1 cm³/mol. The number of nitrogens with one attached hydrogen (secondary N) is 3. The van der Waals surface area contributed by atoms with Gasteiger partial charge in [-0.25, -0.2) is 8.42 Å². The average molecular weight is 306 g/mol. The van der Waals surface area contributed by atoms with Crippen molar-refractivity contribution in [3.63, 3.8) is 0 Å². The lowest BCUT2D eigenvalue weighted by molar-refractivity contribution is 0.600. The summed E-state index contributed by atoms with van der Waals surface area (Å²) >= 11 is 0. The highest BCUT2D eigenvalue weighted by Crippen LogP contribution is 2.32. The van der Waals surface area contributed by atoms with Gasteiger partial charge in [0.25, 0.3) is 10.0 Å². The van der Waals surface area contributed by atoms with E-state index in [0.717, 1.165) is 30.6 Å². The number of nitrogens with zero attached hydrogens (tertiary/aromatic N) is 1. The van der Waals surface area contributed by atoms with Crippen LogP contribution in [-0.2, 0) is 16.4 Å². The summed E-state index contributed by atoms with van der Waals surface area (Å²) in [7, 11) is -3.65. The second kappa shape index (κ2) is 5.07. The van der Waals surface area contributed by atoms with Crippen LogP contribution in [0.2, 0.25) is 0 Å². The number of aromatic amines is 1. The molecule has 7 heteroatoms. The summed E-state index contributed by atoms with van der Waals surface area (Å²) in [5.74, 6) is 0. The van der Waals surface area contributed by atoms with Crippen molar-refractivity contribution in [1.82, 2.24) is 10.2 Å². The van der Waals surface area contributed by atoms with Crippen molar-refractivity contribution in [2.75, 3.05) is 16.6 Å². The molecule has 0 amide bonds. The normalized spacial score (nSPS) is 14.4. The molecule has 2 heterocycles. The maximum absolute atomic E-state index is 12.6. The fourth-order valence-corrected chi connectivity index (χ4v) is 4.17. The van der Waals surface area contributed by atoms with Gasteiger partial charge in [0.2, 0.25) is 0 Å².